The van der Waals surface area contributed by atoms with Crippen LogP contribution in [0.15, 0.2) is 22.8 Å². The normalized spacial score (nSPS) is 18.2. The SMILES string of the molecule is CNC1(CC(=O)N(C)Cc2ccco2)CCCCC1. The molecule has 4 heteroatoms. The van der Waals surface area contributed by atoms with E-state index in [-0.39, 0.29) is 11.4 Å². The molecule has 1 N–H and O–H groups in total. The number of carbonyl (C=O) groups excluding carboxylic acids is 1. The van der Waals surface area contributed by atoms with Crippen LogP contribution in [0.1, 0.15) is 44.3 Å². The van der Waals surface area contributed by atoms with Crippen LogP contribution >= 0.6 is 0 Å². The number of nitrogens with zero attached hydrogens (tertiary/aromatic N) is 1. The fourth-order valence-electron chi connectivity index (χ4n) is 2.89. The van der Waals surface area contributed by atoms with Crippen molar-refractivity contribution in [1.82, 2.24) is 10.2 Å². The van der Waals surface area contributed by atoms with Crippen LogP contribution in [-0.4, -0.2) is 30.4 Å². The molecule has 2 rings (SSSR count). The van der Waals surface area contributed by atoms with Crippen molar-refractivity contribution in [1.29, 1.82) is 0 Å². The monoisotopic (exact) mass is 264 g/mol. The topological polar surface area (TPSA) is 45.5 Å². The first-order valence-electron chi connectivity index (χ1n) is 7.10. The molecular formula is C15H24N2O2. The van der Waals surface area contributed by atoms with Gasteiger partial charge in [0.15, 0.2) is 0 Å². The lowest BCUT2D eigenvalue weighted by molar-refractivity contribution is -0.132. The summed E-state index contributed by atoms with van der Waals surface area (Å²) in [6, 6.07) is 3.75. The molecule has 0 aromatic carbocycles. The summed E-state index contributed by atoms with van der Waals surface area (Å²) in [7, 11) is 3.82. The van der Waals surface area contributed by atoms with Crippen LogP contribution < -0.4 is 5.32 Å². The lowest BCUT2D eigenvalue weighted by Crippen LogP contribution is -2.48. The first-order chi connectivity index (χ1) is 9.15. The molecule has 19 heavy (non-hydrogen) atoms. The van der Waals surface area contributed by atoms with Crippen LogP contribution in [0, 0.1) is 0 Å². The van der Waals surface area contributed by atoms with Crippen molar-refractivity contribution in [2.75, 3.05) is 14.1 Å². The van der Waals surface area contributed by atoms with Gasteiger partial charge in [-0.3, -0.25) is 4.79 Å². The summed E-state index contributed by atoms with van der Waals surface area (Å²) >= 11 is 0. The maximum Gasteiger partial charge on any atom is 0.224 e. The molecule has 0 atom stereocenters. The van der Waals surface area contributed by atoms with Crippen LogP contribution in [-0.2, 0) is 11.3 Å². The average Bonchev–Trinajstić information content (AvgIpc) is 2.92. The maximum atomic E-state index is 12.3. The Labute approximate surface area is 115 Å². The van der Waals surface area contributed by atoms with Crippen molar-refractivity contribution in [3.05, 3.63) is 24.2 Å². The Hall–Kier alpha value is -1.29. The Morgan fingerprint density at radius 1 is 1.42 bits per heavy atom. The Bertz CT molecular complexity index is 394. The minimum absolute atomic E-state index is 0.00670. The number of amides is 1. The summed E-state index contributed by atoms with van der Waals surface area (Å²) in [5, 5.41) is 3.39. The van der Waals surface area contributed by atoms with Crippen LogP contribution in [0.4, 0.5) is 0 Å². The van der Waals surface area contributed by atoms with Crippen molar-refractivity contribution < 1.29 is 9.21 Å². The van der Waals surface area contributed by atoms with Gasteiger partial charge in [-0.15, -0.1) is 0 Å². The van der Waals surface area contributed by atoms with E-state index in [0.29, 0.717) is 13.0 Å². The third kappa shape index (κ3) is 3.60. The van der Waals surface area contributed by atoms with Crippen molar-refractivity contribution in [2.45, 2.75) is 50.6 Å². The van der Waals surface area contributed by atoms with E-state index in [1.165, 1.54) is 19.3 Å². The number of hydrogen-bond donors (Lipinski definition) is 1. The van der Waals surface area contributed by atoms with Crippen LogP contribution in [0.5, 0.6) is 0 Å². The van der Waals surface area contributed by atoms with Crippen molar-refractivity contribution in [3.63, 3.8) is 0 Å². The summed E-state index contributed by atoms with van der Waals surface area (Å²) in [4.78, 5) is 14.1. The molecule has 1 fully saturated rings. The fraction of sp³-hybridized carbons (Fsp3) is 0.667. The third-order valence-corrected chi connectivity index (χ3v) is 4.23. The van der Waals surface area contributed by atoms with E-state index >= 15 is 0 Å². The zero-order valence-corrected chi connectivity index (χ0v) is 11.9. The van der Waals surface area contributed by atoms with Crippen molar-refractivity contribution >= 4 is 5.91 Å². The molecule has 106 valence electrons. The number of carbonyl (C=O) groups is 1. The predicted octanol–water partition coefficient (Wildman–Crippen LogP) is 2.55. The number of rotatable bonds is 5. The molecule has 1 aromatic heterocycles. The minimum atomic E-state index is 0.00670. The van der Waals surface area contributed by atoms with E-state index in [2.05, 4.69) is 5.32 Å². The van der Waals surface area contributed by atoms with E-state index < -0.39 is 0 Å². The largest absolute Gasteiger partial charge is 0.467 e. The number of hydrogen-bond acceptors (Lipinski definition) is 3. The summed E-state index contributed by atoms with van der Waals surface area (Å²) < 4.78 is 5.29. The van der Waals surface area contributed by atoms with Gasteiger partial charge < -0.3 is 14.6 Å². The zero-order valence-electron chi connectivity index (χ0n) is 11.9. The highest BCUT2D eigenvalue weighted by molar-refractivity contribution is 5.77. The molecule has 0 aliphatic heterocycles. The predicted molar refractivity (Wildman–Crippen MR) is 74.7 cm³/mol. The van der Waals surface area contributed by atoms with E-state index in [9.17, 15) is 4.79 Å². The van der Waals surface area contributed by atoms with Crippen LogP contribution in [0.3, 0.4) is 0 Å². The van der Waals surface area contributed by atoms with Gasteiger partial charge in [0.25, 0.3) is 0 Å². The molecule has 1 aromatic rings. The van der Waals surface area contributed by atoms with Crippen molar-refractivity contribution in [2.24, 2.45) is 0 Å². The second-order valence-electron chi connectivity index (χ2n) is 5.60. The summed E-state index contributed by atoms with van der Waals surface area (Å²) in [6.07, 6.45) is 8.16. The quantitative estimate of drug-likeness (QED) is 0.889. The fourth-order valence-corrected chi connectivity index (χ4v) is 2.89. The molecule has 0 bridgehead atoms. The van der Waals surface area contributed by atoms with Gasteiger partial charge in [-0.1, -0.05) is 19.3 Å². The van der Waals surface area contributed by atoms with Crippen molar-refractivity contribution in [3.8, 4) is 0 Å². The van der Waals surface area contributed by atoms with Gasteiger partial charge >= 0.3 is 0 Å². The van der Waals surface area contributed by atoms with Gasteiger partial charge in [-0.25, -0.2) is 0 Å². The molecule has 0 spiro atoms. The molecular weight excluding hydrogens is 240 g/mol. The Balaban J connectivity index is 1.91. The molecule has 4 nitrogen and oxygen atoms in total. The molecule has 1 amide bonds. The standard InChI is InChI=1S/C15H24N2O2/c1-16-15(8-4-3-5-9-15)11-14(18)17(2)12-13-7-6-10-19-13/h6-7,10,16H,3-5,8-9,11-12H2,1-2H3. The van der Waals surface area contributed by atoms with E-state index in [0.717, 1.165) is 18.6 Å². The maximum absolute atomic E-state index is 12.3. The number of furan rings is 1. The van der Waals surface area contributed by atoms with E-state index in [1.54, 1.807) is 11.2 Å². The first kappa shape index (κ1) is 14.1. The Morgan fingerprint density at radius 2 is 2.16 bits per heavy atom. The molecule has 1 saturated carbocycles. The van der Waals surface area contributed by atoms with E-state index in [1.807, 2.05) is 26.2 Å². The molecule has 1 heterocycles. The minimum Gasteiger partial charge on any atom is -0.467 e. The first-order valence-corrected chi connectivity index (χ1v) is 7.10. The molecule has 0 radical (unpaired) electrons. The third-order valence-electron chi connectivity index (χ3n) is 4.23. The average molecular weight is 264 g/mol. The molecule has 1 aliphatic carbocycles. The Kier molecular flexibility index (Phi) is 4.64. The second-order valence-corrected chi connectivity index (χ2v) is 5.60. The summed E-state index contributed by atoms with van der Waals surface area (Å²) in [5.74, 6) is 1.02. The van der Waals surface area contributed by atoms with Gasteiger partial charge in [0, 0.05) is 19.0 Å². The van der Waals surface area contributed by atoms with Gasteiger partial charge in [0.2, 0.25) is 5.91 Å². The van der Waals surface area contributed by atoms with E-state index in [4.69, 9.17) is 4.42 Å². The lowest BCUT2D eigenvalue weighted by Gasteiger charge is -2.37. The molecule has 0 saturated heterocycles. The van der Waals surface area contributed by atoms with Gasteiger partial charge in [0.05, 0.1) is 12.8 Å². The molecule has 1 aliphatic rings. The van der Waals surface area contributed by atoms with Gasteiger partial charge in [-0.05, 0) is 32.0 Å². The van der Waals surface area contributed by atoms with Crippen LogP contribution in [0.25, 0.3) is 0 Å². The highest BCUT2D eigenvalue weighted by atomic mass is 16.3. The Morgan fingerprint density at radius 3 is 2.74 bits per heavy atom. The molecule has 0 unspecified atom stereocenters. The summed E-state index contributed by atoms with van der Waals surface area (Å²) in [6.45, 7) is 0.547. The highest BCUT2D eigenvalue weighted by Crippen LogP contribution is 2.31. The van der Waals surface area contributed by atoms with Gasteiger partial charge in [0.1, 0.15) is 5.76 Å². The zero-order chi connectivity index (χ0) is 13.7. The smallest absolute Gasteiger partial charge is 0.224 e. The second kappa shape index (κ2) is 6.24. The van der Waals surface area contributed by atoms with Gasteiger partial charge in [-0.2, -0.15) is 0 Å². The number of nitrogens with one attached hydrogen (secondary N) is 1. The highest BCUT2D eigenvalue weighted by Gasteiger charge is 2.33. The lowest BCUT2D eigenvalue weighted by atomic mass is 9.79. The van der Waals surface area contributed by atoms with Crippen LogP contribution in [0.2, 0.25) is 0 Å². The summed E-state index contributed by atoms with van der Waals surface area (Å²) in [5.41, 5.74) is 0.00670.